The summed E-state index contributed by atoms with van der Waals surface area (Å²) in [6.45, 7) is 0.121. The van der Waals surface area contributed by atoms with E-state index in [1.807, 2.05) is 12.2 Å². The van der Waals surface area contributed by atoms with Gasteiger partial charge in [-0.25, -0.2) is 0 Å². The minimum absolute atomic E-state index is 0.00520. The smallest absolute Gasteiger partial charge is 0.251 e. The molecule has 1 aromatic rings. The summed E-state index contributed by atoms with van der Waals surface area (Å²) in [6, 6.07) is 7.09. The molecule has 106 valence electrons. The number of carbonyl (C=O) groups is 1. The van der Waals surface area contributed by atoms with Gasteiger partial charge in [-0.05, 0) is 24.1 Å². The average molecular weight is 274 g/mol. The SMILES string of the molecule is CO/N=C/c1ccc(C(=O)N[C@@H]2C=C[C@H](CO)C2)cc1. The number of carbonyl (C=O) groups excluding carboxylic acids is 1. The summed E-state index contributed by atoms with van der Waals surface area (Å²) in [4.78, 5) is 16.7. The molecule has 1 aliphatic carbocycles. The summed E-state index contributed by atoms with van der Waals surface area (Å²) in [5, 5.41) is 15.6. The molecule has 0 unspecified atom stereocenters. The molecule has 0 bridgehead atoms. The molecule has 0 aliphatic heterocycles. The van der Waals surface area contributed by atoms with E-state index in [4.69, 9.17) is 5.11 Å². The molecule has 20 heavy (non-hydrogen) atoms. The lowest BCUT2D eigenvalue weighted by atomic mass is 10.1. The molecule has 5 nitrogen and oxygen atoms in total. The predicted octanol–water partition coefficient (Wildman–Crippen LogP) is 1.33. The Hall–Kier alpha value is -2.14. The Morgan fingerprint density at radius 2 is 2.20 bits per heavy atom. The van der Waals surface area contributed by atoms with Crippen LogP contribution in [-0.4, -0.2) is 37.0 Å². The number of hydrogen-bond acceptors (Lipinski definition) is 4. The van der Waals surface area contributed by atoms with Crippen LogP contribution in [0.25, 0.3) is 0 Å². The molecular formula is C15H18N2O3. The number of nitrogens with one attached hydrogen (secondary N) is 1. The number of oxime groups is 1. The normalized spacial score (nSPS) is 21.3. The molecule has 1 aliphatic rings. The Balaban J connectivity index is 1.93. The van der Waals surface area contributed by atoms with E-state index in [1.54, 1.807) is 30.5 Å². The van der Waals surface area contributed by atoms with E-state index in [0.29, 0.717) is 5.56 Å². The van der Waals surface area contributed by atoms with Crippen molar-refractivity contribution in [2.24, 2.45) is 11.1 Å². The van der Waals surface area contributed by atoms with Crippen LogP contribution in [0.3, 0.4) is 0 Å². The number of benzene rings is 1. The van der Waals surface area contributed by atoms with Crippen molar-refractivity contribution in [3.8, 4) is 0 Å². The first-order valence-corrected chi connectivity index (χ1v) is 6.49. The molecule has 0 saturated heterocycles. The fourth-order valence-corrected chi connectivity index (χ4v) is 2.10. The first kappa shape index (κ1) is 14.3. The Labute approximate surface area is 117 Å². The highest BCUT2D eigenvalue weighted by Crippen LogP contribution is 2.17. The Bertz CT molecular complexity index is 508. The lowest BCUT2D eigenvalue weighted by Crippen LogP contribution is -2.32. The van der Waals surface area contributed by atoms with Gasteiger partial charge in [-0.3, -0.25) is 4.79 Å². The van der Waals surface area contributed by atoms with Gasteiger partial charge in [-0.2, -0.15) is 0 Å². The van der Waals surface area contributed by atoms with Gasteiger partial charge >= 0.3 is 0 Å². The first-order valence-electron chi connectivity index (χ1n) is 6.49. The third-order valence-corrected chi connectivity index (χ3v) is 3.20. The van der Waals surface area contributed by atoms with Gasteiger partial charge in [0.25, 0.3) is 5.91 Å². The number of rotatable bonds is 5. The van der Waals surface area contributed by atoms with Crippen molar-refractivity contribution in [3.05, 3.63) is 47.5 Å². The second-order valence-corrected chi connectivity index (χ2v) is 4.68. The maximum absolute atomic E-state index is 12.1. The van der Waals surface area contributed by atoms with Crippen LogP contribution < -0.4 is 5.32 Å². The fraction of sp³-hybridized carbons (Fsp3) is 0.333. The van der Waals surface area contributed by atoms with Crippen molar-refractivity contribution in [2.45, 2.75) is 12.5 Å². The van der Waals surface area contributed by atoms with Gasteiger partial charge in [0.15, 0.2) is 0 Å². The molecule has 0 spiro atoms. The van der Waals surface area contributed by atoms with Crippen molar-refractivity contribution < 1.29 is 14.7 Å². The van der Waals surface area contributed by atoms with E-state index in [-0.39, 0.29) is 24.5 Å². The van der Waals surface area contributed by atoms with Crippen LogP contribution in [-0.2, 0) is 4.84 Å². The highest BCUT2D eigenvalue weighted by atomic mass is 16.6. The molecule has 0 fully saturated rings. The molecule has 0 saturated carbocycles. The van der Waals surface area contributed by atoms with Crippen molar-refractivity contribution in [1.82, 2.24) is 5.32 Å². The van der Waals surface area contributed by atoms with Gasteiger partial charge in [-0.15, -0.1) is 0 Å². The molecule has 1 aromatic carbocycles. The monoisotopic (exact) mass is 274 g/mol. The van der Waals surface area contributed by atoms with E-state index in [0.717, 1.165) is 12.0 Å². The summed E-state index contributed by atoms with van der Waals surface area (Å²) in [5.74, 6) is 0.0291. The van der Waals surface area contributed by atoms with E-state index in [9.17, 15) is 4.79 Å². The van der Waals surface area contributed by atoms with Crippen LogP contribution in [0, 0.1) is 5.92 Å². The number of hydrogen-bond donors (Lipinski definition) is 2. The molecule has 0 heterocycles. The quantitative estimate of drug-likeness (QED) is 0.483. The largest absolute Gasteiger partial charge is 0.399 e. The van der Waals surface area contributed by atoms with Crippen molar-refractivity contribution in [2.75, 3.05) is 13.7 Å². The van der Waals surface area contributed by atoms with Crippen LogP contribution in [0.4, 0.5) is 0 Å². The first-order chi connectivity index (χ1) is 9.72. The molecule has 2 rings (SSSR count). The molecule has 2 atom stereocenters. The number of aliphatic hydroxyl groups excluding tert-OH is 1. The van der Waals surface area contributed by atoms with Gasteiger partial charge in [-0.1, -0.05) is 29.4 Å². The maximum Gasteiger partial charge on any atom is 0.251 e. The molecule has 5 heteroatoms. The molecular weight excluding hydrogens is 256 g/mol. The summed E-state index contributed by atoms with van der Waals surface area (Å²) in [7, 11) is 1.48. The van der Waals surface area contributed by atoms with Gasteiger partial charge in [0.05, 0.1) is 6.21 Å². The lowest BCUT2D eigenvalue weighted by molar-refractivity contribution is 0.0941. The summed E-state index contributed by atoms with van der Waals surface area (Å²) in [6.07, 6.45) is 6.20. The van der Waals surface area contributed by atoms with E-state index >= 15 is 0 Å². The zero-order chi connectivity index (χ0) is 14.4. The molecule has 1 amide bonds. The van der Waals surface area contributed by atoms with Gasteiger partial charge in [0.2, 0.25) is 0 Å². The van der Waals surface area contributed by atoms with Crippen LogP contribution in [0.2, 0.25) is 0 Å². The standard InChI is InChI=1S/C15H18N2O3/c1-20-16-9-11-2-5-13(6-3-11)15(19)17-14-7-4-12(8-14)10-18/h2-7,9,12,14,18H,8,10H2,1H3,(H,17,19)/b16-9+/t12-,14+/m0/s1. The second-order valence-electron chi connectivity index (χ2n) is 4.68. The van der Waals surface area contributed by atoms with E-state index in [1.165, 1.54) is 7.11 Å². The van der Waals surface area contributed by atoms with Crippen LogP contribution in [0.1, 0.15) is 22.3 Å². The van der Waals surface area contributed by atoms with Crippen molar-refractivity contribution >= 4 is 12.1 Å². The lowest BCUT2D eigenvalue weighted by Gasteiger charge is -2.12. The zero-order valence-corrected chi connectivity index (χ0v) is 11.3. The summed E-state index contributed by atoms with van der Waals surface area (Å²) in [5.41, 5.74) is 1.46. The Kier molecular flexibility index (Phi) is 4.90. The molecule has 2 N–H and O–H groups in total. The minimum atomic E-state index is -0.117. The average Bonchev–Trinajstić information content (AvgIpc) is 2.93. The number of nitrogens with zero attached hydrogens (tertiary/aromatic N) is 1. The summed E-state index contributed by atoms with van der Waals surface area (Å²) >= 11 is 0. The second kappa shape index (κ2) is 6.86. The topological polar surface area (TPSA) is 70.9 Å². The minimum Gasteiger partial charge on any atom is -0.399 e. The zero-order valence-electron chi connectivity index (χ0n) is 11.3. The highest BCUT2D eigenvalue weighted by Gasteiger charge is 2.20. The maximum atomic E-state index is 12.1. The molecule has 0 aromatic heterocycles. The van der Waals surface area contributed by atoms with E-state index < -0.39 is 0 Å². The van der Waals surface area contributed by atoms with Crippen molar-refractivity contribution in [3.63, 3.8) is 0 Å². The van der Waals surface area contributed by atoms with Crippen molar-refractivity contribution in [1.29, 1.82) is 0 Å². The van der Waals surface area contributed by atoms with Crippen LogP contribution >= 0.6 is 0 Å². The fourth-order valence-electron chi connectivity index (χ4n) is 2.10. The third kappa shape index (κ3) is 3.68. The Morgan fingerprint density at radius 1 is 1.45 bits per heavy atom. The number of amides is 1. The van der Waals surface area contributed by atoms with Crippen LogP contribution in [0.5, 0.6) is 0 Å². The van der Waals surface area contributed by atoms with Gasteiger partial charge in [0.1, 0.15) is 7.11 Å². The molecule has 0 radical (unpaired) electrons. The van der Waals surface area contributed by atoms with Gasteiger partial charge in [0, 0.05) is 24.1 Å². The third-order valence-electron chi connectivity index (χ3n) is 3.20. The predicted molar refractivity (Wildman–Crippen MR) is 76.6 cm³/mol. The number of aliphatic hydroxyl groups is 1. The van der Waals surface area contributed by atoms with Crippen LogP contribution in [0.15, 0.2) is 41.6 Å². The van der Waals surface area contributed by atoms with E-state index in [2.05, 4.69) is 15.3 Å². The summed E-state index contributed by atoms with van der Waals surface area (Å²) < 4.78 is 0. The van der Waals surface area contributed by atoms with Gasteiger partial charge < -0.3 is 15.3 Å². The highest BCUT2D eigenvalue weighted by molar-refractivity contribution is 5.95. The Morgan fingerprint density at radius 3 is 2.80 bits per heavy atom.